The van der Waals surface area contributed by atoms with Gasteiger partial charge in [0.1, 0.15) is 18.7 Å². The van der Waals surface area contributed by atoms with Crippen LogP contribution < -0.4 is 21.7 Å². The van der Waals surface area contributed by atoms with Crippen LogP contribution in [0.2, 0.25) is 0 Å². The SMILES string of the molecule is CC=CC(=O)OC[C@H](NC(=O)NC(C)(C)C)C(=O)N1CC2[C@@H](C1C(=O)NC(CC1CCC1)C(=O)C(N)=O)C2(C)C. The Kier molecular flexibility index (Phi) is 9.31. The highest BCUT2D eigenvalue weighted by Crippen LogP contribution is 2.64. The maximum atomic E-state index is 13.8. The van der Waals surface area contributed by atoms with E-state index in [1.165, 1.54) is 17.1 Å². The third kappa shape index (κ3) is 7.19. The van der Waals surface area contributed by atoms with Crippen molar-refractivity contribution in [2.24, 2.45) is 28.9 Å². The molecule has 3 rings (SSSR count). The van der Waals surface area contributed by atoms with E-state index in [1.807, 2.05) is 13.8 Å². The maximum Gasteiger partial charge on any atom is 0.330 e. The van der Waals surface area contributed by atoms with Gasteiger partial charge in [0.15, 0.2) is 0 Å². The Morgan fingerprint density at radius 2 is 1.73 bits per heavy atom. The predicted molar refractivity (Wildman–Crippen MR) is 145 cm³/mol. The van der Waals surface area contributed by atoms with Crippen molar-refractivity contribution in [1.29, 1.82) is 0 Å². The van der Waals surface area contributed by atoms with E-state index >= 15 is 0 Å². The number of amides is 5. The van der Waals surface area contributed by atoms with Crippen LogP contribution in [0.5, 0.6) is 0 Å². The fourth-order valence-electron chi connectivity index (χ4n) is 5.79. The highest BCUT2D eigenvalue weighted by atomic mass is 16.5. The number of nitrogens with two attached hydrogens (primary N) is 1. The Hall–Kier alpha value is -3.44. The summed E-state index contributed by atoms with van der Waals surface area (Å²) in [6.07, 6.45) is 5.82. The second-order valence-electron chi connectivity index (χ2n) is 12.7. The summed E-state index contributed by atoms with van der Waals surface area (Å²) in [4.78, 5) is 77.8. The average molecular weight is 562 g/mol. The van der Waals surface area contributed by atoms with E-state index in [1.54, 1.807) is 27.7 Å². The minimum atomic E-state index is -1.26. The van der Waals surface area contributed by atoms with E-state index in [9.17, 15) is 28.8 Å². The number of carbonyl (C=O) groups excluding carboxylic acids is 6. The second-order valence-corrected chi connectivity index (χ2v) is 12.7. The quantitative estimate of drug-likeness (QED) is 0.164. The summed E-state index contributed by atoms with van der Waals surface area (Å²) in [6.45, 7) is 10.8. The average Bonchev–Trinajstić information content (AvgIpc) is 3.14. The number of Topliss-reactive ketones (excluding diaryl/α,β-unsaturated/α-hetero) is 1. The standard InChI is InChI=1S/C28H43N5O7/c1-7-9-19(34)40-14-18(31-26(39)32-27(2,3)4)25(38)33-13-16-20(28(16,5)6)21(33)24(37)30-17(22(35)23(29)36)12-15-10-8-11-15/h7,9,15-18,20-21H,8,10-14H2,1-6H3,(H2,29,36)(H,30,37)(H2,31,32,39)/t16?,17?,18-,20-,21?/m0/s1. The van der Waals surface area contributed by atoms with Gasteiger partial charge in [-0.3, -0.25) is 19.2 Å². The van der Waals surface area contributed by atoms with Crippen molar-refractivity contribution in [3.8, 4) is 0 Å². The Morgan fingerprint density at radius 3 is 2.25 bits per heavy atom. The van der Waals surface area contributed by atoms with Gasteiger partial charge in [-0.05, 0) is 57.3 Å². The summed E-state index contributed by atoms with van der Waals surface area (Å²) >= 11 is 0. The molecule has 3 aliphatic rings. The van der Waals surface area contributed by atoms with Gasteiger partial charge in [0.25, 0.3) is 5.91 Å². The summed E-state index contributed by atoms with van der Waals surface area (Å²) < 4.78 is 5.20. The summed E-state index contributed by atoms with van der Waals surface area (Å²) in [5, 5.41) is 8.02. The van der Waals surface area contributed by atoms with E-state index in [4.69, 9.17) is 10.5 Å². The van der Waals surface area contributed by atoms with Crippen molar-refractivity contribution in [3.05, 3.63) is 12.2 Å². The number of primary amides is 1. The van der Waals surface area contributed by atoms with E-state index < -0.39 is 65.8 Å². The van der Waals surface area contributed by atoms with Crippen LogP contribution in [0, 0.1) is 23.2 Å². The number of rotatable bonds is 11. The molecule has 5 atom stereocenters. The first kappa shape index (κ1) is 31.1. The number of esters is 1. The number of allylic oxidation sites excluding steroid dienone is 1. The van der Waals surface area contributed by atoms with Crippen molar-refractivity contribution in [3.63, 3.8) is 0 Å². The van der Waals surface area contributed by atoms with Crippen LogP contribution in [-0.4, -0.2) is 77.2 Å². The topological polar surface area (TPSA) is 177 Å². The van der Waals surface area contributed by atoms with Crippen LogP contribution >= 0.6 is 0 Å². The van der Waals surface area contributed by atoms with Crippen molar-refractivity contribution in [2.45, 2.75) is 90.9 Å². The number of ether oxygens (including phenoxy) is 1. The second kappa shape index (κ2) is 12.0. The van der Waals surface area contributed by atoms with Gasteiger partial charge in [0.05, 0.1) is 6.04 Å². The minimum Gasteiger partial charge on any atom is -0.460 e. The lowest BCUT2D eigenvalue weighted by Crippen LogP contribution is -2.60. The van der Waals surface area contributed by atoms with Crippen LogP contribution in [-0.2, 0) is 28.7 Å². The summed E-state index contributed by atoms with van der Waals surface area (Å²) in [7, 11) is 0. The van der Waals surface area contributed by atoms with Crippen molar-refractivity contribution >= 4 is 35.5 Å². The molecule has 3 fully saturated rings. The molecule has 0 radical (unpaired) electrons. The molecule has 2 saturated carbocycles. The molecule has 5 N–H and O–H groups in total. The Labute approximate surface area is 235 Å². The molecule has 222 valence electrons. The van der Waals surface area contributed by atoms with Gasteiger partial charge in [-0.25, -0.2) is 9.59 Å². The largest absolute Gasteiger partial charge is 0.460 e. The number of carbonyl (C=O) groups is 6. The smallest absolute Gasteiger partial charge is 0.330 e. The third-order valence-electron chi connectivity index (χ3n) is 8.22. The molecule has 2 aliphatic carbocycles. The molecule has 1 heterocycles. The van der Waals surface area contributed by atoms with Crippen LogP contribution in [0.1, 0.15) is 67.2 Å². The van der Waals surface area contributed by atoms with E-state index in [2.05, 4.69) is 16.0 Å². The van der Waals surface area contributed by atoms with Gasteiger partial charge >= 0.3 is 12.0 Å². The van der Waals surface area contributed by atoms with Crippen molar-refractivity contribution in [2.75, 3.05) is 13.2 Å². The lowest BCUT2D eigenvalue weighted by molar-refractivity contribution is -0.147. The van der Waals surface area contributed by atoms with E-state index in [0.29, 0.717) is 6.42 Å². The van der Waals surface area contributed by atoms with Gasteiger partial charge in [0.2, 0.25) is 17.6 Å². The van der Waals surface area contributed by atoms with Crippen LogP contribution in [0.15, 0.2) is 12.2 Å². The molecule has 0 spiro atoms. The van der Waals surface area contributed by atoms with Crippen LogP contribution in [0.4, 0.5) is 4.79 Å². The lowest BCUT2D eigenvalue weighted by Gasteiger charge is -2.34. The molecular formula is C28H43N5O7. The molecular weight excluding hydrogens is 518 g/mol. The van der Waals surface area contributed by atoms with Gasteiger partial charge < -0.3 is 31.3 Å². The molecule has 0 aromatic heterocycles. The maximum absolute atomic E-state index is 13.8. The van der Waals surface area contributed by atoms with Gasteiger partial charge in [-0.1, -0.05) is 39.2 Å². The molecule has 40 heavy (non-hydrogen) atoms. The normalized spacial score (nSPS) is 24.8. The molecule has 0 aromatic rings. The molecule has 12 nitrogen and oxygen atoms in total. The summed E-state index contributed by atoms with van der Waals surface area (Å²) in [5.74, 6) is -3.74. The van der Waals surface area contributed by atoms with Gasteiger partial charge in [-0.2, -0.15) is 0 Å². The number of piperidine rings is 1. The Morgan fingerprint density at radius 1 is 1.07 bits per heavy atom. The highest BCUT2D eigenvalue weighted by Gasteiger charge is 2.69. The fourth-order valence-corrected chi connectivity index (χ4v) is 5.79. The van der Waals surface area contributed by atoms with Crippen LogP contribution in [0.3, 0.4) is 0 Å². The number of hydrogen-bond acceptors (Lipinski definition) is 7. The van der Waals surface area contributed by atoms with E-state index in [0.717, 1.165) is 19.3 Å². The van der Waals surface area contributed by atoms with Crippen molar-refractivity contribution in [1.82, 2.24) is 20.9 Å². The summed E-state index contributed by atoms with van der Waals surface area (Å²) in [6, 6.07) is -3.89. The summed E-state index contributed by atoms with van der Waals surface area (Å²) in [5.41, 5.74) is 4.45. The molecule has 5 amide bonds. The number of ketones is 1. The minimum absolute atomic E-state index is 0.0266. The third-order valence-corrected chi connectivity index (χ3v) is 8.22. The number of fused-ring (bicyclic) bond motifs is 1. The zero-order valence-corrected chi connectivity index (χ0v) is 24.2. The fraction of sp³-hybridized carbons (Fsp3) is 0.714. The first-order chi connectivity index (χ1) is 18.6. The number of hydrogen-bond donors (Lipinski definition) is 4. The molecule has 1 aliphatic heterocycles. The number of likely N-dealkylation sites (tertiary alicyclic amines) is 1. The van der Waals surface area contributed by atoms with Crippen LogP contribution in [0.25, 0.3) is 0 Å². The molecule has 0 aromatic carbocycles. The van der Waals surface area contributed by atoms with Gasteiger partial charge in [-0.15, -0.1) is 0 Å². The molecule has 1 saturated heterocycles. The number of nitrogens with zero attached hydrogens (tertiary/aromatic N) is 1. The predicted octanol–water partition coefficient (Wildman–Crippen LogP) is 0.784. The zero-order valence-electron chi connectivity index (χ0n) is 24.2. The Balaban J connectivity index is 1.82. The number of urea groups is 1. The highest BCUT2D eigenvalue weighted by molar-refractivity contribution is 6.37. The molecule has 0 bridgehead atoms. The molecule has 3 unspecified atom stereocenters. The zero-order chi connectivity index (χ0) is 30.0. The van der Waals surface area contributed by atoms with Crippen molar-refractivity contribution < 1.29 is 33.5 Å². The van der Waals surface area contributed by atoms with E-state index in [-0.39, 0.29) is 29.7 Å². The molecule has 12 heteroatoms. The monoisotopic (exact) mass is 561 g/mol. The number of nitrogens with one attached hydrogen (secondary N) is 3. The lowest BCUT2D eigenvalue weighted by atomic mass is 9.80. The first-order valence-corrected chi connectivity index (χ1v) is 13.9. The van der Waals surface area contributed by atoms with Gasteiger partial charge in [0, 0.05) is 18.2 Å². The Bertz CT molecular complexity index is 1080. The first-order valence-electron chi connectivity index (χ1n) is 13.9.